The number of rotatable bonds is 5. The lowest BCUT2D eigenvalue weighted by Gasteiger charge is -2.19. The predicted molar refractivity (Wildman–Crippen MR) is 75.0 cm³/mol. The zero-order valence-corrected chi connectivity index (χ0v) is 11.5. The van der Waals surface area contributed by atoms with Gasteiger partial charge in [-0.05, 0) is 38.3 Å². The maximum Gasteiger partial charge on any atom is 0.176 e. The lowest BCUT2D eigenvalue weighted by molar-refractivity contribution is 0.0926. The first-order valence-electron chi connectivity index (χ1n) is 7.07. The van der Waals surface area contributed by atoms with Crippen LogP contribution in [0.3, 0.4) is 0 Å². The van der Waals surface area contributed by atoms with Crippen LogP contribution in [-0.4, -0.2) is 29.8 Å². The van der Waals surface area contributed by atoms with E-state index < -0.39 is 0 Å². The number of hydrogen-bond acceptors (Lipinski definition) is 2. The largest absolute Gasteiger partial charge is 0.293 e. The topological polar surface area (TPSA) is 20.3 Å². The lowest BCUT2D eigenvalue weighted by atomic mass is 10.0. The van der Waals surface area contributed by atoms with Gasteiger partial charge in [0.2, 0.25) is 0 Å². The number of benzene rings is 1. The summed E-state index contributed by atoms with van der Waals surface area (Å²) in [7, 11) is 0. The van der Waals surface area contributed by atoms with E-state index in [9.17, 15) is 4.79 Å². The van der Waals surface area contributed by atoms with Crippen LogP contribution in [0, 0.1) is 0 Å². The highest BCUT2D eigenvalue weighted by Gasteiger charge is 2.22. The van der Waals surface area contributed by atoms with Gasteiger partial charge in [-0.2, -0.15) is 0 Å². The Kier molecular flexibility index (Phi) is 4.54. The molecule has 18 heavy (non-hydrogen) atoms. The quantitative estimate of drug-likeness (QED) is 0.742. The molecular formula is C16H23NO. The highest BCUT2D eigenvalue weighted by atomic mass is 16.1. The Labute approximate surface area is 110 Å². The van der Waals surface area contributed by atoms with Gasteiger partial charge >= 0.3 is 0 Å². The summed E-state index contributed by atoms with van der Waals surface area (Å²) in [5.74, 6) is 0.256. The van der Waals surface area contributed by atoms with E-state index in [2.05, 4.69) is 30.9 Å². The molecule has 1 aliphatic heterocycles. The second kappa shape index (κ2) is 6.14. The molecule has 0 saturated carbocycles. The highest BCUT2D eigenvalue weighted by molar-refractivity contribution is 5.97. The van der Waals surface area contributed by atoms with Crippen molar-refractivity contribution in [2.24, 2.45) is 0 Å². The van der Waals surface area contributed by atoms with Gasteiger partial charge in [-0.25, -0.2) is 0 Å². The third-order valence-electron chi connectivity index (χ3n) is 3.85. The van der Waals surface area contributed by atoms with E-state index in [-0.39, 0.29) is 5.78 Å². The van der Waals surface area contributed by atoms with E-state index in [4.69, 9.17) is 0 Å². The second-order valence-electron chi connectivity index (χ2n) is 5.33. The number of Topliss-reactive ketones (excluding diaryl/α,β-unsaturated/α-hetero) is 1. The average Bonchev–Trinajstić information content (AvgIpc) is 2.76. The predicted octanol–water partition coefficient (Wildman–Crippen LogP) is 3.31. The van der Waals surface area contributed by atoms with Gasteiger partial charge in [0, 0.05) is 11.6 Å². The smallest absolute Gasteiger partial charge is 0.176 e. The van der Waals surface area contributed by atoms with Crippen LogP contribution in [0.2, 0.25) is 0 Å². The summed E-state index contributed by atoms with van der Waals surface area (Å²) in [6.45, 7) is 6.04. The molecular weight excluding hydrogens is 222 g/mol. The number of carbonyl (C=O) groups is 1. The Morgan fingerprint density at radius 3 is 2.61 bits per heavy atom. The van der Waals surface area contributed by atoms with Crippen molar-refractivity contribution in [3.63, 3.8) is 0 Å². The van der Waals surface area contributed by atoms with Crippen molar-refractivity contribution in [3.05, 3.63) is 35.4 Å². The number of likely N-dealkylation sites (tertiary alicyclic amines) is 1. The summed E-state index contributed by atoms with van der Waals surface area (Å²) in [5.41, 5.74) is 2.18. The molecule has 1 aromatic rings. The number of aryl methyl sites for hydroxylation is 1. The molecule has 0 amide bonds. The van der Waals surface area contributed by atoms with Gasteiger partial charge in [-0.3, -0.25) is 9.69 Å². The molecule has 0 N–H and O–H groups in total. The minimum atomic E-state index is 0.256. The lowest BCUT2D eigenvalue weighted by Crippen LogP contribution is -2.32. The molecule has 1 fully saturated rings. The Bertz CT molecular complexity index is 396. The molecule has 0 aliphatic carbocycles. The molecule has 0 aromatic heterocycles. The first kappa shape index (κ1) is 13.3. The summed E-state index contributed by atoms with van der Waals surface area (Å²) in [5, 5.41) is 0. The molecule has 0 radical (unpaired) electrons. The van der Waals surface area contributed by atoms with Gasteiger partial charge in [0.1, 0.15) is 0 Å². The fraction of sp³-hybridized carbons (Fsp3) is 0.562. The summed E-state index contributed by atoms with van der Waals surface area (Å²) in [4.78, 5) is 14.5. The van der Waals surface area contributed by atoms with Crippen LogP contribution < -0.4 is 0 Å². The van der Waals surface area contributed by atoms with Crippen LogP contribution in [0.4, 0.5) is 0 Å². The molecule has 2 rings (SSSR count). The van der Waals surface area contributed by atoms with Crippen LogP contribution in [0.5, 0.6) is 0 Å². The van der Waals surface area contributed by atoms with Gasteiger partial charge in [-0.15, -0.1) is 0 Å². The SMILES string of the molecule is CCCc1ccc(C(=O)CN2CCCC2C)cc1. The molecule has 98 valence electrons. The minimum absolute atomic E-state index is 0.256. The van der Waals surface area contributed by atoms with Gasteiger partial charge in [0.05, 0.1) is 6.54 Å². The minimum Gasteiger partial charge on any atom is -0.293 e. The maximum atomic E-state index is 12.2. The third kappa shape index (κ3) is 3.20. The Balaban J connectivity index is 1.96. The van der Waals surface area contributed by atoms with Crippen LogP contribution in [-0.2, 0) is 6.42 Å². The molecule has 2 nitrogen and oxygen atoms in total. The number of nitrogens with zero attached hydrogens (tertiary/aromatic N) is 1. The molecule has 1 aliphatic rings. The van der Waals surface area contributed by atoms with Gasteiger partial charge in [0.25, 0.3) is 0 Å². The fourth-order valence-corrected chi connectivity index (χ4v) is 2.65. The second-order valence-corrected chi connectivity index (χ2v) is 5.33. The first-order valence-corrected chi connectivity index (χ1v) is 7.07. The van der Waals surface area contributed by atoms with Crippen LogP contribution in [0.15, 0.2) is 24.3 Å². The van der Waals surface area contributed by atoms with Crippen LogP contribution in [0.1, 0.15) is 49.0 Å². The molecule has 1 atom stereocenters. The Morgan fingerprint density at radius 1 is 1.33 bits per heavy atom. The standard InChI is InChI=1S/C16H23NO/c1-3-5-14-7-9-15(10-8-14)16(18)12-17-11-4-6-13(17)2/h7-10,13H,3-6,11-12H2,1-2H3. The normalized spacial score (nSPS) is 20.2. The monoisotopic (exact) mass is 245 g/mol. The van der Waals surface area contributed by atoms with Crippen molar-refractivity contribution in [2.45, 2.75) is 45.6 Å². The molecule has 2 heteroatoms. The zero-order chi connectivity index (χ0) is 13.0. The Hall–Kier alpha value is -1.15. The first-order chi connectivity index (χ1) is 8.70. The van der Waals surface area contributed by atoms with Gasteiger partial charge in [-0.1, -0.05) is 37.6 Å². The molecule has 1 unspecified atom stereocenters. The molecule has 0 spiro atoms. The van der Waals surface area contributed by atoms with Crippen molar-refractivity contribution >= 4 is 5.78 Å². The van der Waals surface area contributed by atoms with E-state index in [1.54, 1.807) is 0 Å². The average molecular weight is 245 g/mol. The van der Waals surface area contributed by atoms with E-state index in [1.807, 2.05) is 12.1 Å². The summed E-state index contributed by atoms with van der Waals surface area (Å²) < 4.78 is 0. The highest BCUT2D eigenvalue weighted by Crippen LogP contribution is 2.17. The molecule has 1 aromatic carbocycles. The summed E-state index contributed by atoms with van der Waals surface area (Å²) in [6, 6.07) is 8.70. The Morgan fingerprint density at radius 2 is 2.06 bits per heavy atom. The van der Waals surface area contributed by atoms with Crippen molar-refractivity contribution in [1.82, 2.24) is 4.90 Å². The fourth-order valence-electron chi connectivity index (χ4n) is 2.65. The van der Waals surface area contributed by atoms with E-state index in [0.29, 0.717) is 12.6 Å². The van der Waals surface area contributed by atoms with E-state index >= 15 is 0 Å². The van der Waals surface area contributed by atoms with Gasteiger partial charge in [0.15, 0.2) is 5.78 Å². The maximum absolute atomic E-state index is 12.2. The number of hydrogen-bond donors (Lipinski definition) is 0. The molecule has 0 bridgehead atoms. The summed E-state index contributed by atoms with van der Waals surface area (Å²) in [6.07, 6.45) is 4.70. The van der Waals surface area contributed by atoms with Crippen molar-refractivity contribution in [3.8, 4) is 0 Å². The number of carbonyl (C=O) groups excluding carboxylic acids is 1. The van der Waals surface area contributed by atoms with E-state index in [1.165, 1.54) is 18.4 Å². The van der Waals surface area contributed by atoms with E-state index in [0.717, 1.165) is 24.9 Å². The third-order valence-corrected chi connectivity index (χ3v) is 3.85. The van der Waals surface area contributed by atoms with Crippen molar-refractivity contribution in [2.75, 3.05) is 13.1 Å². The molecule has 1 saturated heterocycles. The van der Waals surface area contributed by atoms with Gasteiger partial charge < -0.3 is 0 Å². The van der Waals surface area contributed by atoms with Crippen LogP contribution >= 0.6 is 0 Å². The molecule has 1 heterocycles. The summed E-state index contributed by atoms with van der Waals surface area (Å²) >= 11 is 0. The zero-order valence-electron chi connectivity index (χ0n) is 11.5. The number of ketones is 1. The van der Waals surface area contributed by atoms with Crippen LogP contribution in [0.25, 0.3) is 0 Å². The van der Waals surface area contributed by atoms with Crippen molar-refractivity contribution in [1.29, 1.82) is 0 Å². The van der Waals surface area contributed by atoms with Crippen molar-refractivity contribution < 1.29 is 4.79 Å².